The molecule has 2 aromatic rings. The largest absolute Gasteiger partial charge is 0.463 e. The monoisotopic (exact) mass is 520 g/mol. The van der Waals surface area contributed by atoms with Gasteiger partial charge in [-0.3, -0.25) is 15.0 Å². The summed E-state index contributed by atoms with van der Waals surface area (Å²) in [6.45, 7) is 5.64. The molecule has 200 valence electrons. The van der Waals surface area contributed by atoms with Crippen molar-refractivity contribution >= 4 is 17.6 Å². The number of esters is 2. The van der Waals surface area contributed by atoms with Crippen molar-refractivity contribution in [2.24, 2.45) is 5.73 Å². The summed E-state index contributed by atoms with van der Waals surface area (Å²) in [6, 6.07) is 15.9. The summed E-state index contributed by atoms with van der Waals surface area (Å²) in [5.74, 6) is -2.28. The third-order valence-corrected chi connectivity index (χ3v) is 6.71. The molecule has 2 atom stereocenters. The quantitative estimate of drug-likeness (QED) is 0.304. The van der Waals surface area contributed by atoms with E-state index in [4.69, 9.17) is 15.2 Å². The van der Waals surface area contributed by atoms with Crippen LogP contribution < -0.4 is 11.1 Å². The lowest BCUT2D eigenvalue weighted by molar-refractivity contribution is -0.384. The van der Waals surface area contributed by atoms with Gasteiger partial charge in [0.2, 0.25) is 0 Å². The van der Waals surface area contributed by atoms with Crippen LogP contribution in [0.2, 0.25) is 0 Å². The smallest absolute Gasteiger partial charge is 0.338 e. The van der Waals surface area contributed by atoms with E-state index in [-0.39, 0.29) is 35.4 Å². The zero-order chi connectivity index (χ0) is 27.2. The summed E-state index contributed by atoms with van der Waals surface area (Å²) in [5.41, 5.74) is 8.18. The van der Waals surface area contributed by atoms with Gasteiger partial charge < -0.3 is 20.5 Å². The fourth-order valence-electron chi connectivity index (χ4n) is 5.02. The van der Waals surface area contributed by atoms with Crippen molar-refractivity contribution in [1.82, 2.24) is 10.2 Å². The van der Waals surface area contributed by atoms with Crippen LogP contribution in [0.5, 0.6) is 0 Å². The van der Waals surface area contributed by atoms with Crippen molar-refractivity contribution < 1.29 is 24.0 Å². The van der Waals surface area contributed by atoms with E-state index in [1.807, 2.05) is 18.2 Å². The minimum Gasteiger partial charge on any atom is -0.463 e. The van der Waals surface area contributed by atoms with Gasteiger partial charge in [0.25, 0.3) is 5.69 Å². The molecule has 2 aromatic carbocycles. The van der Waals surface area contributed by atoms with Crippen LogP contribution in [0, 0.1) is 10.1 Å². The molecule has 10 heteroatoms. The number of carbonyl (C=O) groups is 2. The molecule has 0 aliphatic carbocycles. The summed E-state index contributed by atoms with van der Waals surface area (Å²) in [4.78, 5) is 39.9. The average Bonchev–Trinajstić information content (AvgIpc) is 2.89. The third kappa shape index (κ3) is 6.03. The van der Waals surface area contributed by atoms with Crippen LogP contribution in [0.25, 0.3) is 0 Å². The predicted octanol–water partition coefficient (Wildman–Crippen LogP) is 3.50. The molecule has 3 N–H and O–H groups in total. The van der Waals surface area contributed by atoms with Gasteiger partial charge in [0.1, 0.15) is 11.9 Å². The molecule has 2 aliphatic heterocycles. The number of non-ortho nitro benzene ring substituents is 1. The lowest BCUT2D eigenvalue weighted by Gasteiger charge is -2.34. The first-order valence-corrected chi connectivity index (χ1v) is 12.6. The molecule has 0 amide bonds. The average molecular weight is 521 g/mol. The molecule has 2 heterocycles. The van der Waals surface area contributed by atoms with E-state index in [1.165, 1.54) is 23.8 Å². The van der Waals surface area contributed by atoms with Crippen LogP contribution in [-0.4, -0.2) is 47.6 Å². The second-order valence-corrected chi connectivity index (χ2v) is 9.39. The number of nitro groups is 1. The van der Waals surface area contributed by atoms with E-state index in [9.17, 15) is 19.7 Å². The van der Waals surface area contributed by atoms with Crippen molar-refractivity contribution in [1.29, 1.82) is 0 Å². The van der Waals surface area contributed by atoms with Gasteiger partial charge in [-0.05, 0) is 44.4 Å². The van der Waals surface area contributed by atoms with E-state index >= 15 is 0 Å². The SMILES string of the molecule is CCOC(=O)C1=C(N)NC(C)=C(C(=O)OC2CCCN(Cc3ccccc3)C2)C1c1cccc([N+](=O)[O-])c1. The molecule has 1 fully saturated rings. The summed E-state index contributed by atoms with van der Waals surface area (Å²) in [6.07, 6.45) is 1.23. The molecule has 4 rings (SSSR count). The highest BCUT2D eigenvalue weighted by molar-refractivity contribution is 6.00. The second kappa shape index (κ2) is 11.9. The third-order valence-electron chi connectivity index (χ3n) is 6.71. The second-order valence-electron chi connectivity index (χ2n) is 9.39. The van der Waals surface area contributed by atoms with E-state index in [1.54, 1.807) is 19.9 Å². The Morgan fingerprint density at radius 1 is 1.13 bits per heavy atom. The van der Waals surface area contributed by atoms with Crippen LogP contribution >= 0.6 is 0 Å². The standard InChI is InChI=1S/C28H32N4O6/c1-3-37-27(33)25-24(20-11-7-12-21(15-20)32(35)36)23(18(2)30-26(25)29)28(34)38-22-13-8-14-31(17-22)16-19-9-5-4-6-10-19/h4-7,9-12,15,22,24,30H,3,8,13-14,16-17,29H2,1-2H3. The maximum absolute atomic E-state index is 13.7. The number of nitrogens with zero attached hydrogens (tertiary/aromatic N) is 2. The molecule has 0 saturated carbocycles. The summed E-state index contributed by atoms with van der Waals surface area (Å²) >= 11 is 0. The number of piperidine rings is 1. The van der Waals surface area contributed by atoms with Gasteiger partial charge in [-0.2, -0.15) is 0 Å². The minimum atomic E-state index is -0.994. The van der Waals surface area contributed by atoms with Crippen molar-refractivity contribution in [3.8, 4) is 0 Å². The van der Waals surface area contributed by atoms with Gasteiger partial charge in [0.15, 0.2) is 0 Å². The van der Waals surface area contributed by atoms with E-state index < -0.39 is 22.8 Å². The lowest BCUT2D eigenvalue weighted by Crippen LogP contribution is -2.41. The molecule has 0 spiro atoms. The molecule has 1 saturated heterocycles. The Balaban J connectivity index is 1.62. The predicted molar refractivity (Wildman–Crippen MR) is 140 cm³/mol. The fourth-order valence-corrected chi connectivity index (χ4v) is 5.02. The number of likely N-dealkylation sites (tertiary alicyclic amines) is 1. The maximum atomic E-state index is 13.7. The Hall–Kier alpha value is -4.18. The highest BCUT2D eigenvalue weighted by Crippen LogP contribution is 2.39. The normalized spacial score (nSPS) is 20.1. The number of nitro benzene ring substituents is 1. The van der Waals surface area contributed by atoms with Crippen LogP contribution in [0.3, 0.4) is 0 Å². The molecular formula is C28H32N4O6. The Kier molecular flexibility index (Phi) is 8.42. The fraction of sp³-hybridized carbons (Fsp3) is 0.357. The molecule has 2 unspecified atom stereocenters. The van der Waals surface area contributed by atoms with Gasteiger partial charge in [0.05, 0.1) is 28.6 Å². The number of allylic oxidation sites excluding steroid dienone is 1. The molecular weight excluding hydrogens is 488 g/mol. The van der Waals surface area contributed by atoms with Crippen molar-refractivity contribution in [3.05, 3.63) is 98.5 Å². The van der Waals surface area contributed by atoms with Crippen LogP contribution in [0.1, 0.15) is 43.7 Å². The molecule has 0 aromatic heterocycles. The van der Waals surface area contributed by atoms with Gasteiger partial charge in [-0.1, -0.05) is 42.5 Å². The number of hydrogen-bond donors (Lipinski definition) is 2. The van der Waals surface area contributed by atoms with Crippen LogP contribution in [0.15, 0.2) is 77.3 Å². The first kappa shape index (κ1) is 26.9. The van der Waals surface area contributed by atoms with Crippen molar-refractivity contribution in [2.45, 2.75) is 45.3 Å². The number of hydrogen-bond acceptors (Lipinski definition) is 9. The topological polar surface area (TPSA) is 137 Å². The summed E-state index contributed by atoms with van der Waals surface area (Å²) in [5, 5.41) is 14.4. The zero-order valence-corrected chi connectivity index (χ0v) is 21.5. The molecule has 2 aliphatic rings. The van der Waals surface area contributed by atoms with E-state index in [0.717, 1.165) is 19.5 Å². The van der Waals surface area contributed by atoms with Crippen LogP contribution in [0.4, 0.5) is 5.69 Å². The first-order chi connectivity index (χ1) is 18.3. The number of ether oxygens (including phenoxy) is 2. The van der Waals surface area contributed by atoms with E-state index in [0.29, 0.717) is 24.2 Å². The number of benzene rings is 2. The van der Waals surface area contributed by atoms with Gasteiger partial charge in [0, 0.05) is 30.9 Å². The highest BCUT2D eigenvalue weighted by Gasteiger charge is 2.40. The summed E-state index contributed by atoms with van der Waals surface area (Å²) < 4.78 is 11.2. The van der Waals surface area contributed by atoms with Gasteiger partial charge in [-0.25, -0.2) is 9.59 Å². The Morgan fingerprint density at radius 2 is 1.89 bits per heavy atom. The van der Waals surface area contributed by atoms with Gasteiger partial charge >= 0.3 is 11.9 Å². The van der Waals surface area contributed by atoms with Crippen molar-refractivity contribution in [2.75, 3.05) is 19.7 Å². The summed E-state index contributed by atoms with van der Waals surface area (Å²) in [7, 11) is 0. The zero-order valence-electron chi connectivity index (χ0n) is 21.5. The van der Waals surface area contributed by atoms with E-state index in [2.05, 4.69) is 22.3 Å². The molecule has 38 heavy (non-hydrogen) atoms. The number of nitrogens with two attached hydrogens (primary N) is 1. The van der Waals surface area contributed by atoms with Crippen LogP contribution in [-0.2, 0) is 25.6 Å². The number of rotatable bonds is 8. The number of dihydropyridines is 1. The number of carbonyl (C=O) groups excluding carboxylic acids is 2. The molecule has 0 bridgehead atoms. The van der Waals surface area contributed by atoms with Gasteiger partial charge in [-0.15, -0.1) is 0 Å². The highest BCUT2D eigenvalue weighted by atomic mass is 16.6. The first-order valence-electron chi connectivity index (χ1n) is 12.6. The van der Waals surface area contributed by atoms with Crippen molar-refractivity contribution in [3.63, 3.8) is 0 Å². The Morgan fingerprint density at radius 3 is 2.61 bits per heavy atom. The molecule has 0 radical (unpaired) electrons. The minimum absolute atomic E-state index is 0.0132. The Bertz CT molecular complexity index is 1270. The lowest BCUT2D eigenvalue weighted by atomic mass is 9.81. The Labute approximate surface area is 221 Å². The maximum Gasteiger partial charge on any atom is 0.338 e. The molecule has 10 nitrogen and oxygen atoms in total. The number of nitrogens with one attached hydrogen (secondary N) is 1.